The minimum Gasteiger partial charge on any atom is -0.349 e. The van der Waals surface area contributed by atoms with Crippen LogP contribution < -0.4 is 11.1 Å². The van der Waals surface area contributed by atoms with Gasteiger partial charge in [0.05, 0.1) is 5.56 Å². The van der Waals surface area contributed by atoms with Gasteiger partial charge in [0.1, 0.15) is 0 Å². The first kappa shape index (κ1) is 16.8. The van der Waals surface area contributed by atoms with E-state index in [0.717, 1.165) is 31.2 Å². The van der Waals surface area contributed by atoms with Crippen molar-refractivity contribution in [1.82, 2.24) is 5.32 Å². The molecule has 3 N–H and O–H groups in total. The zero-order chi connectivity index (χ0) is 13.9. The number of nitrogens with two attached hydrogens (primary N) is 1. The molecule has 1 saturated carbocycles. The molecule has 3 rings (SSSR count). The van der Waals surface area contributed by atoms with E-state index >= 15 is 0 Å². The number of carbonyl (C=O) groups is 1. The number of aryl methyl sites for hydroxylation is 1. The monoisotopic (exact) mass is 328 g/mol. The lowest BCUT2D eigenvalue weighted by Crippen LogP contribution is -2.44. The summed E-state index contributed by atoms with van der Waals surface area (Å²) in [5.74, 6) is 0.594. The molecule has 1 heterocycles. The van der Waals surface area contributed by atoms with E-state index in [2.05, 4.69) is 10.7 Å². The van der Waals surface area contributed by atoms with Gasteiger partial charge in [-0.25, -0.2) is 0 Å². The van der Waals surface area contributed by atoms with Crippen LogP contribution in [0.1, 0.15) is 59.3 Å². The highest BCUT2D eigenvalue weighted by molar-refractivity contribution is 7.10. The van der Waals surface area contributed by atoms with Crippen LogP contribution in [-0.4, -0.2) is 18.5 Å². The van der Waals surface area contributed by atoms with Crippen LogP contribution >= 0.6 is 23.7 Å². The molecule has 1 aromatic heterocycles. The topological polar surface area (TPSA) is 55.1 Å². The number of rotatable bonds is 3. The number of halogens is 1. The second-order valence-corrected chi connectivity index (χ2v) is 7.08. The number of amides is 1. The number of nitrogens with one attached hydrogen (secondary N) is 1. The Kier molecular flexibility index (Phi) is 6.08. The molecule has 2 atom stereocenters. The molecule has 0 spiro atoms. The smallest absolute Gasteiger partial charge is 0.252 e. The summed E-state index contributed by atoms with van der Waals surface area (Å²) in [6, 6.07) is 0.278. The first-order valence-electron chi connectivity index (χ1n) is 7.89. The summed E-state index contributed by atoms with van der Waals surface area (Å²) >= 11 is 1.76. The Balaban J connectivity index is 0.00000161. The normalized spacial score (nSPS) is 24.8. The quantitative estimate of drug-likeness (QED) is 0.894. The SMILES string of the molecule is Cl.NCC1CCCCC1NC(=O)c1csc2c1CCCC2. The lowest BCUT2D eigenvalue weighted by atomic mass is 9.84. The Morgan fingerprint density at radius 3 is 2.81 bits per heavy atom. The minimum atomic E-state index is 0. The maximum atomic E-state index is 12.6. The van der Waals surface area contributed by atoms with Crippen LogP contribution in [0.25, 0.3) is 0 Å². The molecule has 1 fully saturated rings. The van der Waals surface area contributed by atoms with Crippen LogP contribution in [0.3, 0.4) is 0 Å². The average molecular weight is 329 g/mol. The van der Waals surface area contributed by atoms with Crippen LogP contribution in [0, 0.1) is 5.92 Å². The summed E-state index contributed by atoms with van der Waals surface area (Å²) in [5, 5.41) is 5.32. The summed E-state index contributed by atoms with van der Waals surface area (Å²) in [7, 11) is 0. The summed E-state index contributed by atoms with van der Waals surface area (Å²) < 4.78 is 0. The molecule has 0 radical (unpaired) electrons. The lowest BCUT2D eigenvalue weighted by Gasteiger charge is -2.31. The molecule has 1 aromatic rings. The van der Waals surface area contributed by atoms with Crippen molar-refractivity contribution in [2.24, 2.45) is 11.7 Å². The zero-order valence-corrected chi connectivity index (χ0v) is 14.0. The van der Waals surface area contributed by atoms with Gasteiger partial charge in [-0.1, -0.05) is 12.8 Å². The van der Waals surface area contributed by atoms with Gasteiger partial charge in [0.2, 0.25) is 0 Å². The Labute approximate surface area is 137 Å². The molecule has 5 heteroatoms. The van der Waals surface area contributed by atoms with Crippen molar-refractivity contribution in [1.29, 1.82) is 0 Å². The fraction of sp³-hybridized carbons (Fsp3) is 0.688. The second kappa shape index (κ2) is 7.61. The summed E-state index contributed by atoms with van der Waals surface area (Å²) in [5.41, 5.74) is 8.10. The lowest BCUT2D eigenvalue weighted by molar-refractivity contribution is 0.0907. The highest BCUT2D eigenvalue weighted by atomic mass is 35.5. The molecule has 1 amide bonds. The van der Waals surface area contributed by atoms with E-state index in [4.69, 9.17) is 5.73 Å². The second-order valence-electron chi connectivity index (χ2n) is 6.12. The molecule has 2 aliphatic carbocycles. The Morgan fingerprint density at radius 2 is 2.00 bits per heavy atom. The first-order valence-corrected chi connectivity index (χ1v) is 8.77. The third kappa shape index (κ3) is 3.61. The van der Waals surface area contributed by atoms with Crippen molar-refractivity contribution < 1.29 is 4.79 Å². The van der Waals surface area contributed by atoms with Crippen LogP contribution in [0.2, 0.25) is 0 Å². The molecule has 2 unspecified atom stereocenters. The van der Waals surface area contributed by atoms with Crippen LogP contribution in [0.4, 0.5) is 0 Å². The van der Waals surface area contributed by atoms with E-state index in [9.17, 15) is 4.79 Å². The molecule has 3 nitrogen and oxygen atoms in total. The predicted octanol–water partition coefficient (Wildman–Crippen LogP) is 3.30. The number of hydrogen-bond donors (Lipinski definition) is 2. The van der Waals surface area contributed by atoms with Gasteiger partial charge in [-0.3, -0.25) is 4.79 Å². The number of hydrogen-bond acceptors (Lipinski definition) is 3. The van der Waals surface area contributed by atoms with Gasteiger partial charge < -0.3 is 11.1 Å². The third-order valence-corrected chi connectivity index (χ3v) is 5.92. The van der Waals surface area contributed by atoms with Crippen LogP contribution in [0.5, 0.6) is 0 Å². The Bertz CT molecular complexity index is 489. The molecule has 0 saturated heterocycles. The highest BCUT2D eigenvalue weighted by Gasteiger charge is 2.27. The van der Waals surface area contributed by atoms with Crippen LogP contribution in [-0.2, 0) is 12.8 Å². The van der Waals surface area contributed by atoms with E-state index in [0.29, 0.717) is 12.5 Å². The van der Waals surface area contributed by atoms with Gasteiger partial charge in [-0.15, -0.1) is 23.7 Å². The van der Waals surface area contributed by atoms with Crippen LogP contribution in [0.15, 0.2) is 5.38 Å². The minimum absolute atomic E-state index is 0. The van der Waals surface area contributed by atoms with Gasteiger partial charge in [-0.2, -0.15) is 0 Å². The fourth-order valence-corrected chi connectivity index (χ4v) is 4.74. The van der Waals surface area contributed by atoms with E-state index in [-0.39, 0.29) is 24.4 Å². The molecule has 21 heavy (non-hydrogen) atoms. The predicted molar refractivity (Wildman–Crippen MR) is 90.5 cm³/mol. The largest absolute Gasteiger partial charge is 0.349 e. The van der Waals surface area contributed by atoms with Crippen molar-refractivity contribution in [3.05, 3.63) is 21.4 Å². The molecule has 0 aromatic carbocycles. The summed E-state index contributed by atoms with van der Waals surface area (Å²) in [6.45, 7) is 0.687. The maximum Gasteiger partial charge on any atom is 0.252 e. The van der Waals surface area contributed by atoms with Crippen molar-refractivity contribution in [2.45, 2.75) is 57.4 Å². The molecule has 118 valence electrons. The van der Waals surface area contributed by atoms with Gasteiger partial charge in [0, 0.05) is 16.3 Å². The Hall–Kier alpha value is -0.580. The summed E-state index contributed by atoms with van der Waals surface area (Å²) in [6.07, 6.45) is 9.43. The standard InChI is InChI=1S/C16H24N2OS.ClH/c17-9-11-5-1-3-7-14(11)18-16(19)13-10-20-15-8-4-2-6-12(13)15;/h10-11,14H,1-9,17H2,(H,18,19);1H. The number of fused-ring (bicyclic) bond motifs is 1. The maximum absolute atomic E-state index is 12.6. The molecule has 0 aliphatic heterocycles. The average Bonchev–Trinajstić information content (AvgIpc) is 2.92. The molecule has 0 bridgehead atoms. The van der Waals surface area contributed by atoms with Gasteiger partial charge >= 0.3 is 0 Å². The molecular formula is C16H25ClN2OS. The highest BCUT2D eigenvalue weighted by Crippen LogP contribution is 2.31. The van der Waals surface area contributed by atoms with E-state index in [1.807, 2.05) is 0 Å². The Morgan fingerprint density at radius 1 is 1.24 bits per heavy atom. The van der Waals surface area contributed by atoms with E-state index in [1.54, 1.807) is 11.3 Å². The molecular weight excluding hydrogens is 304 g/mol. The van der Waals surface area contributed by atoms with Crippen molar-refractivity contribution in [2.75, 3.05) is 6.54 Å². The van der Waals surface area contributed by atoms with Gasteiger partial charge in [-0.05, 0) is 56.6 Å². The number of carbonyl (C=O) groups excluding carboxylic acids is 1. The summed E-state index contributed by atoms with van der Waals surface area (Å²) in [4.78, 5) is 14.0. The van der Waals surface area contributed by atoms with E-state index in [1.165, 1.54) is 36.1 Å². The van der Waals surface area contributed by atoms with Gasteiger partial charge in [0.25, 0.3) is 5.91 Å². The first-order chi connectivity index (χ1) is 9.79. The van der Waals surface area contributed by atoms with Gasteiger partial charge in [0.15, 0.2) is 0 Å². The zero-order valence-electron chi connectivity index (χ0n) is 12.4. The number of thiophene rings is 1. The van der Waals surface area contributed by atoms with E-state index < -0.39 is 0 Å². The molecule has 2 aliphatic rings. The fourth-order valence-electron chi connectivity index (χ4n) is 3.61. The third-order valence-electron chi connectivity index (χ3n) is 4.83. The van der Waals surface area contributed by atoms with Crippen molar-refractivity contribution >= 4 is 29.7 Å². The van der Waals surface area contributed by atoms with Crippen molar-refractivity contribution in [3.63, 3.8) is 0 Å². The van der Waals surface area contributed by atoms with Crippen molar-refractivity contribution in [3.8, 4) is 0 Å².